The normalized spacial score (nSPS) is 26.4. The van der Waals surface area contributed by atoms with E-state index in [9.17, 15) is 23.1 Å². The van der Waals surface area contributed by atoms with Crippen molar-refractivity contribution in [2.75, 3.05) is 19.6 Å². The van der Waals surface area contributed by atoms with Gasteiger partial charge in [-0.15, -0.1) is 0 Å². The zero-order chi connectivity index (χ0) is 14.0. The summed E-state index contributed by atoms with van der Waals surface area (Å²) in [6.07, 6.45) is -4.99. The van der Waals surface area contributed by atoms with Gasteiger partial charge in [0.25, 0.3) is 0 Å². The Morgan fingerprint density at radius 3 is 2.61 bits per heavy atom. The first kappa shape index (κ1) is 15.2. The number of rotatable bonds is 4. The molecule has 0 spiro atoms. The van der Waals surface area contributed by atoms with Gasteiger partial charge >= 0.3 is 6.18 Å². The monoisotopic (exact) mass is 268 g/mol. The number of likely N-dealkylation sites (tertiary alicyclic amines) is 1. The quantitative estimate of drug-likeness (QED) is 0.796. The highest BCUT2D eigenvalue weighted by atomic mass is 19.4. The summed E-state index contributed by atoms with van der Waals surface area (Å²) in [6.45, 7) is 3.68. The van der Waals surface area contributed by atoms with Gasteiger partial charge in [-0.25, -0.2) is 0 Å². The summed E-state index contributed by atoms with van der Waals surface area (Å²) in [4.78, 5) is 12.8. The van der Waals surface area contributed by atoms with E-state index in [2.05, 4.69) is 5.32 Å². The SMILES string of the molecule is CCNC(C)CC(=O)N1CCC(O)(C(F)(F)F)C1. The molecular weight excluding hydrogens is 249 g/mol. The van der Waals surface area contributed by atoms with Crippen molar-refractivity contribution in [1.82, 2.24) is 10.2 Å². The molecule has 0 aromatic heterocycles. The number of carbonyl (C=O) groups is 1. The minimum atomic E-state index is -4.69. The Balaban J connectivity index is 2.54. The van der Waals surface area contributed by atoms with E-state index in [1.807, 2.05) is 6.92 Å². The third kappa shape index (κ3) is 3.35. The number of nitrogens with one attached hydrogen (secondary N) is 1. The molecule has 18 heavy (non-hydrogen) atoms. The van der Waals surface area contributed by atoms with Crippen LogP contribution >= 0.6 is 0 Å². The van der Waals surface area contributed by atoms with Gasteiger partial charge in [-0.1, -0.05) is 6.92 Å². The predicted octanol–water partition coefficient (Wildman–Crippen LogP) is 0.900. The van der Waals surface area contributed by atoms with E-state index in [1.165, 1.54) is 0 Å². The van der Waals surface area contributed by atoms with Gasteiger partial charge in [-0.05, 0) is 13.5 Å². The second-order valence-corrected chi connectivity index (χ2v) is 4.76. The maximum atomic E-state index is 12.6. The summed E-state index contributed by atoms with van der Waals surface area (Å²) in [6, 6.07) is -0.0814. The molecule has 0 saturated carbocycles. The van der Waals surface area contributed by atoms with Crippen LogP contribution in [0.5, 0.6) is 0 Å². The zero-order valence-corrected chi connectivity index (χ0v) is 10.5. The van der Waals surface area contributed by atoms with Gasteiger partial charge in [-0.3, -0.25) is 4.79 Å². The number of hydrogen-bond acceptors (Lipinski definition) is 3. The molecule has 1 fully saturated rings. The van der Waals surface area contributed by atoms with E-state index in [1.54, 1.807) is 6.92 Å². The molecule has 1 aliphatic heterocycles. The second-order valence-electron chi connectivity index (χ2n) is 4.76. The summed E-state index contributed by atoms with van der Waals surface area (Å²) in [7, 11) is 0. The first-order chi connectivity index (χ1) is 8.19. The van der Waals surface area contributed by atoms with E-state index in [0.717, 1.165) is 4.90 Å². The molecule has 106 valence electrons. The Labute approximate surface area is 104 Å². The number of aliphatic hydroxyl groups is 1. The van der Waals surface area contributed by atoms with Crippen molar-refractivity contribution >= 4 is 5.91 Å². The maximum Gasteiger partial charge on any atom is 0.419 e. The molecule has 1 amide bonds. The number of amides is 1. The van der Waals surface area contributed by atoms with E-state index in [0.29, 0.717) is 6.54 Å². The Bertz CT molecular complexity index is 309. The van der Waals surface area contributed by atoms with Crippen LogP contribution in [-0.2, 0) is 4.79 Å². The highest BCUT2D eigenvalue weighted by molar-refractivity contribution is 5.77. The fourth-order valence-corrected chi connectivity index (χ4v) is 2.05. The Kier molecular flexibility index (Phi) is 4.61. The fraction of sp³-hybridized carbons (Fsp3) is 0.909. The maximum absolute atomic E-state index is 12.6. The third-order valence-electron chi connectivity index (χ3n) is 3.16. The lowest BCUT2D eigenvalue weighted by Crippen LogP contribution is -2.48. The first-order valence-corrected chi connectivity index (χ1v) is 6.00. The Morgan fingerprint density at radius 2 is 2.17 bits per heavy atom. The summed E-state index contributed by atoms with van der Waals surface area (Å²) >= 11 is 0. The number of carbonyl (C=O) groups excluding carboxylic acids is 1. The highest BCUT2D eigenvalue weighted by Crippen LogP contribution is 2.37. The van der Waals surface area contributed by atoms with Crippen molar-refractivity contribution in [2.24, 2.45) is 0 Å². The van der Waals surface area contributed by atoms with E-state index in [4.69, 9.17) is 0 Å². The average molecular weight is 268 g/mol. The van der Waals surface area contributed by atoms with Gasteiger partial charge in [0.15, 0.2) is 5.60 Å². The van der Waals surface area contributed by atoms with Crippen LogP contribution < -0.4 is 5.32 Å². The molecule has 0 radical (unpaired) electrons. The topological polar surface area (TPSA) is 52.6 Å². The molecule has 2 atom stereocenters. The summed E-state index contributed by atoms with van der Waals surface area (Å²) < 4.78 is 37.7. The molecule has 1 aliphatic rings. The molecule has 4 nitrogen and oxygen atoms in total. The predicted molar refractivity (Wildman–Crippen MR) is 60.0 cm³/mol. The molecule has 2 N–H and O–H groups in total. The molecule has 0 bridgehead atoms. The van der Waals surface area contributed by atoms with Crippen molar-refractivity contribution < 1.29 is 23.1 Å². The Hall–Kier alpha value is -0.820. The molecule has 1 saturated heterocycles. The van der Waals surface area contributed by atoms with Crippen LogP contribution in [0.25, 0.3) is 0 Å². The standard InChI is InChI=1S/C11H19F3N2O2/c1-3-15-8(2)6-9(17)16-5-4-10(18,7-16)11(12,13)14/h8,15,18H,3-7H2,1-2H3. The van der Waals surface area contributed by atoms with Gasteiger partial charge < -0.3 is 15.3 Å². The molecule has 0 aromatic rings. The largest absolute Gasteiger partial charge is 0.419 e. The number of alkyl halides is 3. The number of halogens is 3. The molecule has 1 heterocycles. The minimum absolute atomic E-state index is 0.0479. The lowest BCUT2D eigenvalue weighted by atomic mass is 10.0. The van der Waals surface area contributed by atoms with Gasteiger partial charge in [0.2, 0.25) is 5.91 Å². The Morgan fingerprint density at radius 1 is 1.56 bits per heavy atom. The molecule has 7 heteroatoms. The number of β-amino-alcohol motifs (C(OH)–C–C–N with tert-alkyl or cyclic N) is 1. The van der Waals surface area contributed by atoms with E-state index >= 15 is 0 Å². The number of hydrogen-bond donors (Lipinski definition) is 2. The van der Waals surface area contributed by atoms with Crippen LogP contribution in [0.3, 0.4) is 0 Å². The highest BCUT2D eigenvalue weighted by Gasteiger charge is 2.57. The minimum Gasteiger partial charge on any atom is -0.379 e. The lowest BCUT2D eigenvalue weighted by molar-refractivity contribution is -0.253. The van der Waals surface area contributed by atoms with Crippen LogP contribution in [-0.4, -0.2) is 53.4 Å². The van der Waals surface area contributed by atoms with Crippen molar-refractivity contribution in [3.05, 3.63) is 0 Å². The van der Waals surface area contributed by atoms with Gasteiger partial charge in [-0.2, -0.15) is 13.2 Å². The van der Waals surface area contributed by atoms with Crippen molar-refractivity contribution in [3.8, 4) is 0 Å². The van der Waals surface area contributed by atoms with Gasteiger partial charge in [0.05, 0.1) is 6.54 Å². The molecule has 0 aliphatic carbocycles. The lowest BCUT2D eigenvalue weighted by Gasteiger charge is -2.26. The first-order valence-electron chi connectivity index (χ1n) is 6.00. The third-order valence-corrected chi connectivity index (χ3v) is 3.16. The van der Waals surface area contributed by atoms with E-state index in [-0.39, 0.29) is 24.9 Å². The molecule has 0 aromatic carbocycles. The van der Waals surface area contributed by atoms with Crippen LogP contribution in [0, 0.1) is 0 Å². The van der Waals surface area contributed by atoms with Gasteiger partial charge in [0, 0.05) is 25.4 Å². The average Bonchev–Trinajstić information content (AvgIpc) is 2.61. The van der Waals surface area contributed by atoms with Crippen LogP contribution in [0.15, 0.2) is 0 Å². The van der Waals surface area contributed by atoms with Crippen LogP contribution in [0.2, 0.25) is 0 Å². The second kappa shape index (κ2) is 5.44. The molecule has 1 rings (SSSR count). The van der Waals surface area contributed by atoms with Crippen LogP contribution in [0.1, 0.15) is 26.7 Å². The van der Waals surface area contributed by atoms with Crippen molar-refractivity contribution in [1.29, 1.82) is 0 Å². The number of nitrogens with zero attached hydrogens (tertiary/aromatic N) is 1. The van der Waals surface area contributed by atoms with Gasteiger partial charge in [0.1, 0.15) is 0 Å². The summed E-state index contributed by atoms with van der Waals surface area (Å²) in [5.41, 5.74) is -2.75. The molecule has 2 unspecified atom stereocenters. The van der Waals surface area contributed by atoms with Crippen molar-refractivity contribution in [2.45, 2.75) is 44.5 Å². The smallest absolute Gasteiger partial charge is 0.379 e. The summed E-state index contributed by atoms with van der Waals surface area (Å²) in [5.74, 6) is -0.358. The fourth-order valence-electron chi connectivity index (χ4n) is 2.05. The van der Waals surface area contributed by atoms with E-state index < -0.39 is 24.7 Å². The molecular formula is C11H19F3N2O2. The summed E-state index contributed by atoms with van der Waals surface area (Å²) in [5, 5.41) is 12.5. The van der Waals surface area contributed by atoms with Crippen molar-refractivity contribution in [3.63, 3.8) is 0 Å². The zero-order valence-electron chi connectivity index (χ0n) is 10.5. The van der Waals surface area contributed by atoms with Crippen LogP contribution in [0.4, 0.5) is 13.2 Å².